The van der Waals surface area contributed by atoms with Crippen LogP contribution in [0.2, 0.25) is 5.02 Å². The molecule has 2 aromatic heterocycles. The second-order valence-corrected chi connectivity index (χ2v) is 12.8. The number of aromatic hydroxyl groups is 1. The fourth-order valence-electron chi connectivity index (χ4n) is 7.88. The summed E-state index contributed by atoms with van der Waals surface area (Å²) in [5.74, 6) is -1.58. The van der Waals surface area contributed by atoms with Crippen molar-refractivity contribution in [2.75, 3.05) is 37.7 Å². The van der Waals surface area contributed by atoms with Crippen molar-refractivity contribution in [3.05, 3.63) is 28.5 Å². The topological polar surface area (TPSA) is 95.9 Å². The quantitative estimate of drug-likeness (QED) is 0.388. The summed E-state index contributed by atoms with van der Waals surface area (Å²) >= 11 is 5.93. The molecule has 5 aliphatic rings. The van der Waals surface area contributed by atoms with Gasteiger partial charge < -0.3 is 24.8 Å². The minimum absolute atomic E-state index is 0.0504. The molecule has 15 heteroatoms. The van der Waals surface area contributed by atoms with Crippen molar-refractivity contribution in [1.82, 2.24) is 25.2 Å². The summed E-state index contributed by atoms with van der Waals surface area (Å²) in [6.07, 6.45) is -2.22. The number of piperazine rings is 1. The van der Waals surface area contributed by atoms with Crippen molar-refractivity contribution in [1.29, 1.82) is 0 Å². The van der Waals surface area contributed by atoms with Crippen LogP contribution in [0.3, 0.4) is 0 Å². The van der Waals surface area contributed by atoms with Crippen molar-refractivity contribution in [2.24, 2.45) is 0 Å². The summed E-state index contributed by atoms with van der Waals surface area (Å²) in [7, 11) is 0. The molecule has 9 nitrogen and oxygen atoms in total. The number of fused-ring (bicyclic) bond motifs is 6. The second kappa shape index (κ2) is 9.88. The van der Waals surface area contributed by atoms with Crippen LogP contribution in [0.5, 0.6) is 17.6 Å². The van der Waals surface area contributed by atoms with Gasteiger partial charge in [0, 0.05) is 37.2 Å². The zero-order valence-electron chi connectivity index (χ0n) is 23.3. The number of pyridine rings is 1. The highest BCUT2D eigenvalue weighted by Gasteiger charge is 2.50. The van der Waals surface area contributed by atoms with Gasteiger partial charge in [0.1, 0.15) is 47.5 Å². The van der Waals surface area contributed by atoms with E-state index in [-0.39, 0.29) is 54.1 Å². The number of anilines is 1. The molecule has 5 atom stereocenters. The van der Waals surface area contributed by atoms with Crippen LogP contribution < -0.4 is 19.7 Å². The van der Waals surface area contributed by atoms with E-state index in [1.807, 2.05) is 4.90 Å². The monoisotopic (exact) mass is 638 g/mol. The summed E-state index contributed by atoms with van der Waals surface area (Å²) in [4.78, 5) is 17.4. The Labute approximate surface area is 253 Å². The van der Waals surface area contributed by atoms with Gasteiger partial charge >= 0.3 is 12.2 Å². The molecule has 8 rings (SSSR count). The zero-order chi connectivity index (χ0) is 30.5. The average Bonchev–Trinajstić information content (AvgIpc) is 3.59. The van der Waals surface area contributed by atoms with Gasteiger partial charge in [-0.2, -0.15) is 23.1 Å². The van der Waals surface area contributed by atoms with Crippen molar-refractivity contribution in [3.8, 4) is 28.9 Å². The molecule has 234 valence electrons. The van der Waals surface area contributed by atoms with E-state index in [1.54, 1.807) is 0 Å². The number of rotatable bonds is 4. The third-order valence-corrected chi connectivity index (χ3v) is 10.1. The molecule has 0 saturated carbocycles. The molecule has 3 aromatic rings. The lowest BCUT2D eigenvalue weighted by molar-refractivity contribution is -0.137. The van der Waals surface area contributed by atoms with Gasteiger partial charge in [-0.1, -0.05) is 11.6 Å². The maximum Gasteiger partial charge on any atom is 0.418 e. The summed E-state index contributed by atoms with van der Waals surface area (Å²) in [6.45, 7) is 1.80. The number of aromatic nitrogens is 3. The van der Waals surface area contributed by atoms with E-state index in [9.17, 15) is 22.7 Å². The number of phenolic OH excluding ortho intramolecular Hbond substituents is 1. The average molecular weight is 639 g/mol. The number of hydrogen-bond acceptors (Lipinski definition) is 9. The van der Waals surface area contributed by atoms with Gasteiger partial charge in [0.05, 0.1) is 22.2 Å². The van der Waals surface area contributed by atoms with Crippen LogP contribution >= 0.6 is 11.6 Å². The van der Waals surface area contributed by atoms with Crippen molar-refractivity contribution in [2.45, 2.75) is 68.1 Å². The number of nitrogens with one attached hydrogen (secondary N) is 1. The Morgan fingerprint density at radius 2 is 2.02 bits per heavy atom. The predicted molar refractivity (Wildman–Crippen MR) is 150 cm³/mol. The number of nitrogens with zero attached hydrogens (tertiary/aromatic N) is 5. The van der Waals surface area contributed by atoms with Crippen molar-refractivity contribution in [3.63, 3.8) is 0 Å². The molecular formula is C29H28ClF5N6O3. The lowest BCUT2D eigenvalue weighted by Crippen LogP contribution is -2.60. The van der Waals surface area contributed by atoms with Gasteiger partial charge in [-0.3, -0.25) is 4.90 Å². The minimum Gasteiger partial charge on any atom is -0.508 e. The van der Waals surface area contributed by atoms with Gasteiger partial charge in [0.15, 0.2) is 5.82 Å². The Morgan fingerprint density at radius 1 is 1.18 bits per heavy atom. The Kier molecular flexibility index (Phi) is 6.35. The molecule has 0 radical (unpaired) electrons. The second-order valence-electron chi connectivity index (χ2n) is 12.4. The highest BCUT2D eigenvalue weighted by atomic mass is 35.5. The van der Waals surface area contributed by atoms with Gasteiger partial charge in [0.25, 0.3) is 0 Å². The van der Waals surface area contributed by atoms with E-state index in [4.69, 9.17) is 26.1 Å². The number of hydrogen-bond donors (Lipinski definition) is 2. The predicted octanol–water partition coefficient (Wildman–Crippen LogP) is 4.87. The largest absolute Gasteiger partial charge is 0.508 e. The molecule has 1 aromatic carbocycles. The van der Waals surface area contributed by atoms with Crippen molar-refractivity contribution >= 4 is 28.3 Å². The van der Waals surface area contributed by atoms with Crippen LogP contribution in [0.4, 0.5) is 27.8 Å². The first-order valence-corrected chi connectivity index (χ1v) is 15.1. The lowest BCUT2D eigenvalue weighted by atomic mass is 9.95. The molecule has 5 aliphatic heterocycles. The van der Waals surface area contributed by atoms with E-state index in [2.05, 4.69) is 20.2 Å². The maximum absolute atomic E-state index is 16.6. The van der Waals surface area contributed by atoms with Crippen LogP contribution in [-0.2, 0) is 6.18 Å². The van der Waals surface area contributed by atoms with Gasteiger partial charge in [-0.05, 0) is 44.4 Å². The molecule has 0 spiro atoms. The Hall–Kier alpha value is -3.23. The number of ether oxygens (including phenoxy) is 2. The molecule has 7 heterocycles. The summed E-state index contributed by atoms with van der Waals surface area (Å²) in [5, 5.41) is 13.0. The number of halogens is 6. The van der Waals surface area contributed by atoms with E-state index >= 15 is 4.39 Å². The fourth-order valence-corrected chi connectivity index (χ4v) is 8.20. The molecule has 4 fully saturated rings. The first kappa shape index (κ1) is 28.3. The van der Waals surface area contributed by atoms with Crippen LogP contribution in [0.1, 0.15) is 37.7 Å². The Bertz CT molecular complexity index is 1680. The molecule has 2 N–H and O–H groups in total. The number of alkyl halides is 4. The normalized spacial score (nSPS) is 29.5. The highest BCUT2D eigenvalue weighted by molar-refractivity contribution is 6.32. The zero-order valence-corrected chi connectivity index (χ0v) is 24.1. The molecule has 2 bridgehead atoms. The van der Waals surface area contributed by atoms with Crippen LogP contribution in [-0.4, -0.2) is 87.6 Å². The third-order valence-electron chi connectivity index (χ3n) is 9.78. The smallest absolute Gasteiger partial charge is 0.418 e. The molecule has 4 saturated heterocycles. The first-order valence-electron chi connectivity index (χ1n) is 14.7. The van der Waals surface area contributed by atoms with Gasteiger partial charge in [0.2, 0.25) is 5.88 Å². The van der Waals surface area contributed by atoms with Crippen LogP contribution in [0.15, 0.2) is 12.1 Å². The SMILES string of the molecule is Oc1cc(Cl)c(C(F)(F)F)c(-c2nc3c4c(nc(OC[C@@]56CCCN5C[C@@H](F)C6)nc4c2F)N2C[C@@H]4CC[C@@H](N4)[C@@H]2CO3)c1. The molecular weight excluding hydrogens is 611 g/mol. The standard InChI is InChI=1S/C29H28ClF5N6O3/c30-17-7-15(42)6-16(21(17)29(33,34)35)23-22(32)24-20-25(41-10-14-2-3-18(36-14)19(41)11-43-26(20)37-23)39-27(38-24)44-12-28-4-1-5-40(28)9-13(31)8-28/h6-7,13-14,18-19,36,42H,1-5,8-12H2/t13-,14-,18+,19-,28-/m0/s1. The van der Waals surface area contributed by atoms with Gasteiger partial charge in [-0.25, -0.2) is 13.8 Å². The Morgan fingerprint density at radius 3 is 2.84 bits per heavy atom. The summed E-state index contributed by atoms with van der Waals surface area (Å²) < 4.78 is 85.8. The van der Waals surface area contributed by atoms with E-state index < -0.39 is 51.3 Å². The molecule has 44 heavy (non-hydrogen) atoms. The number of phenols is 1. The fraction of sp³-hybridized carbons (Fsp3) is 0.552. The van der Waals surface area contributed by atoms with Crippen LogP contribution in [0.25, 0.3) is 22.2 Å². The van der Waals surface area contributed by atoms with E-state index in [0.29, 0.717) is 25.3 Å². The third kappa shape index (κ3) is 4.35. The molecule has 0 unspecified atom stereocenters. The molecule has 0 aliphatic carbocycles. The lowest BCUT2D eigenvalue weighted by Gasteiger charge is -2.40. The van der Waals surface area contributed by atoms with Crippen LogP contribution in [0, 0.1) is 5.82 Å². The molecule has 0 amide bonds. The Balaban J connectivity index is 1.31. The van der Waals surface area contributed by atoms with Gasteiger partial charge in [-0.15, -0.1) is 0 Å². The maximum atomic E-state index is 16.6. The number of benzene rings is 1. The van der Waals surface area contributed by atoms with E-state index in [1.165, 1.54) is 0 Å². The highest BCUT2D eigenvalue weighted by Crippen LogP contribution is 2.48. The summed E-state index contributed by atoms with van der Waals surface area (Å²) in [5.41, 5.74) is -3.70. The first-order chi connectivity index (χ1) is 21.0. The van der Waals surface area contributed by atoms with Crippen molar-refractivity contribution < 1.29 is 36.5 Å². The summed E-state index contributed by atoms with van der Waals surface area (Å²) in [6, 6.07) is 1.33. The minimum atomic E-state index is -4.99. The van der Waals surface area contributed by atoms with E-state index in [0.717, 1.165) is 44.4 Å².